The first-order valence-electron chi connectivity index (χ1n) is 9.45. The largest absolute Gasteiger partial charge is 0.494 e. The van der Waals surface area contributed by atoms with Crippen molar-refractivity contribution in [2.24, 2.45) is 0 Å². The highest BCUT2D eigenvalue weighted by Gasteiger charge is 2.29. The highest BCUT2D eigenvalue weighted by molar-refractivity contribution is 5.38. The molecule has 3 atom stereocenters. The van der Waals surface area contributed by atoms with E-state index in [9.17, 15) is 14.6 Å². The van der Waals surface area contributed by atoms with Crippen LogP contribution in [0.5, 0.6) is 5.75 Å². The van der Waals surface area contributed by atoms with E-state index in [1.165, 1.54) is 6.07 Å². The summed E-state index contributed by atoms with van der Waals surface area (Å²) in [6.45, 7) is 4.26. The van der Waals surface area contributed by atoms with Gasteiger partial charge in [0.05, 0.1) is 31.5 Å². The number of halogens is 1. The Morgan fingerprint density at radius 1 is 1.15 bits per heavy atom. The van der Waals surface area contributed by atoms with Gasteiger partial charge in [-0.15, -0.1) is 0 Å². The van der Waals surface area contributed by atoms with Crippen LogP contribution in [0.25, 0.3) is 0 Å². The van der Waals surface area contributed by atoms with Crippen LogP contribution in [0, 0.1) is 12.7 Å². The van der Waals surface area contributed by atoms with Crippen molar-refractivity contribution in [2.45, 2.75) is 51.4 Å². The van der Waals surface area contributed by atoms with Gasteiger partial charge < -0.3 is 19.7 Å². The zero-order valence-corrected chi connectivity index (χ0v) is 15.8. The van der Waals surface area contributed by atoms with Gasteiger partial charge in [-0.05, 0) is 42.2 Å². The fraction of sp³-hybridized carbons (Fsp3) is 0.455. The Morgan fingerprint density at radius 3 is 2.67 bits per heavy atom. The minimum absolute atomic E-state index is 0.107. The Bertz CT molecular complexity index is 777. The van der Waals surface area contributed by atoms with Crippen LogP contribution in [0.15, 0.2) is 36.4 Å². The fourth-order valence-electron chi connectivity index (χ4n) is 3.54. The van der Waals surface area contributed by atoms with E-state index in [1.54, 1.807) is 12.1 Å². The van der Waals surface area contributed by atoms with Gasteiger partial charge in [-0.25, -0.2) is 4.39 Å². The summed E-state index contributed by atoms with van der Waals surface area (Å²) >= 11 is 0. The molecule has 0 radical (unpaired) electrons. The van der Waals surface area contributed by atoms with Gasteiger partial charge in [0.15, 0.2) is 0 Å². The topological polar surface area (TPSA) is 58.9 Å². The summed E-state index contributed by atoms with van der Waals surface area (Å²) < 4.78 is 25.7. The summed E-state index contributed by atoms with van der Waals surface area (Å²) in [6.07, 6.45) is 0.299. The van der Waals surface area contributed by atoms with Crippen LogP contribution in [-0.4, -0.2) is 35.6 Å². The van der Waals surface area contributed by atoms with E-state index in [2.05, 4.69) is 0 Å². The number of aliphatic hydroxyl groups is 2. The van der Waals surface area contributed by atoms with Crippen molar-refractivity contribution in [2.75, 3.05) is 13.2 Å². The number of hydrogen-bond donors (Lipinski definition) is 2. The summed E-state index contributed by atoms with van der Waals surface area (Å²) in [7, 11) is 0. The van der Waals surface area contributed by atoms with Gasteiger partial charge in [0.2, 0.25) is 0 Å². The minimum Gasteiger partial charge on any atom is -0.494 e. The molecule has 2 N–H and O–H groups in total. The highest BCUT2D eigenvalue weighted by atomic mass is 19.1. The molecule has 5 heteroatoms. The molecular formula is C22H27FO4. The van der Waals surface area contributed by atoms with Crippen LogP contribution in [0.3, 0.4) is 0 Å². The molecule has 27 heavy (non-hydrogen) atoms. The van der Waals surface area contributed by atoms with Gasteiger partial charge in [-0.2, -0.15) is 0 Å². The Kier molecular flexibility index (Phi) is 6.47. The van der Waals surface area contributed by atoms with Crippen LogP contribution in [0.4, 0.5) is 4.39 Å². The lowest BCUT2D eigenvalue weighted by molar-refractivity contribution is -0.113. The smallest absolute Gasteiger partial charge is 0.130 e. The van der Waals surface area contributed by atoms with E-state index in [1.807, 2.05) is 32.0 Å². The molecule has 1 heterocycles. The van der Waals surface area contributed by atoms with E-state index in [0.29, 0.717) is 37.2 Å². The van der Waals surface area contributed by atoms with Crippen LogP contribution >= 0.6 is 0 Å². The number of hydrogen-bond acceptors (Lipinski definition) is 4. The van der Waals surface area contributed by atoms with E-state index >= 15 is 0 Å². The lowest BCUT2D eigenvalue weighted by atomic mass is 9.92. The maximum atomic E-state index is 14.4. The van der Waals surface area contributed by atoms with Gasteiger partial charge in [0.1, 0.15) is 11.6 Å². The van der Waals surface area contributed by atoms with Crippen molar-refractivity contribution in [1.82, 2.24) is 0 Å². The summed E-state index contributed by atoms with van der Waals surface area (Å²) in [5.74, 6) is 0.249. The molecule has 4 nitrogen and oxygen atoms in total. The van der Waals surface area contributed by atoms with E-state index in [0.717, 1.165) is 16.7 Å². The second-order valence-electron chi connectivity index (χ2n) is 7.10. The SMILES string of the molecule is CCOc1ccc(Cc2cc([C@H]3C[C@@H](O)C[C@@H](CO)O3)ccc2C)c(F)c1. The Labute approximate surface area is 159 Å². The number of rotatable bonds is 6. The lowest BCUT2D eigenvalue weighted by Crippen LogP contribution is -2.33. The van der Waals surface area contributed by atoms with Gasteiger partial charge in [0, 0.05) is 25.3 Å². The van der Waals surface area contributed by atoms with Crippen molar-refractivity contribution in [3.05, 3.63) is 64.5 Å². The van der Waals surface area contributed by atoms with Crippen LogP contribution in [0.1, 0.15) is 48.1 Å². The van der Waals surface area contributed by atoms with Crippen LogP contribution in [0.2, 0.25) is 0 Å². The molecule has 0 saturated carbocycles. The molecule has 0 bridgehead atoms. The average Bonchev–Trinajstić information content (AvgIpc) is 2.65. The number of aryl methyl sites for hydroxylation is 1. The first-order chi connectivity index (χ1) is 13.0. The highest BCUT2D eigenvalue weighted by Crippen LogP contribution is 2.33. The zero-order chi connectivity index (χ0) is 19.4. The average molecular weight is 374 g/mol. The van der Waals surface area contributed by atoms with Gasteiger partial charge in [0.25, 0.3) is 0 Å². The first-order valence-corrected chi connectivity index (χ1v) is 9.45. The summed E-state index contributed by atoms with van der Waals surface area (Å²) in [5, 5.41) is 19.4. The molecule has 2 aromatic rings. The molecule has 1 aliphatic heterocycles. The van der Waals surface area contributed by atoms with Gasteiger partial charge in [-0.1, -0.05) is 24.3 Å². The zero-order valence-electron chi connectivity index (χ0n) is 15.8. The molecule has 1 fully saturated rings. The molecule has 2 aromatic carbocycles. The monoisotopic (exact) mass is 374 g/mol. The molecular weight excluding hydrogens is 347 g/mol. The predicted molar refractivity (Wildman–Crippen MR) is 101 cm³/mol. The van der Waals surface area contributed by atoms with Gasteiger partial charge >= 0.3 is 0 Å². The summed E-state index contributed by atoms with van der Waals surface area (Å²) in [4.78, 5) is 0. The summed E-state index contributed by atoms with van der Waals surface area (Å²) in [5.41, 5.74) is 3.64. The molecule has 146 valence electrons. The van der Waals surface area contributed by atoms with Crippen molar-refractivity contribution >= 4 is 0 Å². The number of benzene rings is 2. The second kappa shape index (κ2) is 8.83. The van der Waals surface area contributed by atoms with E-state index in [-0.39, 0.29) is 24.6 Å². The first kappa shape index (κ1) is 19.8. The van der Waals surface area contributed by atoms with Crippen molar-refractivity contribution in [3.63, 3.8) is 0 Å². The van der Waals surface area contributed by atoms with Crippen molar-refractivity contribution in [3.8, 4) is 5.75 Å². The summed E-state index contributed by atoms with van der Waals surface area (Å²) in [6, 6.07) is 11.0. The van der Waals surface area contributed by atoms with Crippen LogP contribution < -0.4 is 4.74 Å². The Hall–Kier alpha value is -1.95. The Morgan fingerprint density at radius 2 is 1.96 bits per heavy atom. The van der Waals surface area contributed by atoms with Crippen molar-refractivity contribution < 1.29 is 24.1 Å². The third-order valence-corrected chi connectivity index (χ3v) is 5.04. The quantitative estimate of drug-likeness (QED) is 0.810. The predicted octanol–water partition coefficient (Wildman–Crippen LogP) is 3.70. The fourth-order valence-corrected chi connectivity index (χ4v) is 3.54. The van der Waals surface area contributed by atoms with Gasteiger partial charge in [-0.3, -0.25) is 0 Å². The molecule has 0 unspecified atom stereocenters. The minimum atomic E-state index is -0.491. The Balaban J connectivity index is 1.81. The normalized spacial score (nSPS) is 22.6. The number of ether oxygens (including phenoxy) is 2. The third-order valence-electron chi connectivity index (χ3n) is 5.04. The molecule has 0 aromatic heterocycles. The van der Waals surface area contributed by atoms with E-state index in [4.69, 9.17) is 9.47 Å². The molecule has 1 saturated heterocycles. The molecule has 1 aliphatic rings. The maximum absolute atomic E-state index is 14.4. The van der Waals surface area contributed by atoms with E-state index < -0.39 is 6.10 Å². The van der Waals surface area contributed by atoms with Crippen molar-refractivity contribution in [1.29, 1.82) is 0 Å². The number of aliphatic hydroxyl groups excluding tert-OH is 2. The molecule has 0 spiro atoms. The third kappa shape index (κ3) is 4.86. The molecule has 3 rings (SSSR count). The lowest BCUT2D eigenvalue weighted by Gasteiger charge is -2.32. The molecule has 0 amide bonds. The maximum Gasteiger partial charge on any atom is 0.130 e. The molecule has 0 aliphatic carbocycles. The van der Waals surface area contributed by atoms with Crippen LogP contribution in [-0.2, 0) is 11.2 Å². The second-order valence-corrected chi connectivity index (χ2v) is 7.10. The standard InChI is InChI=1S/C22H27FO4/c1-3-26-19-7-6-15(21(23)12-19)8-17-9-16(5-4-14(17)2)22-11-18(25)10-20(13-24)27-22/h4-7,9,12,18,20,22,24-25H,3,8,10-11,13H2,1-2H3/t18-,20-,22+/m0/s1.